The maximum Gasteiger partial charge on any atom is 0.275 e. The average Bonchev–Trinajstić information content (AvgIpc) is 3.49. The average molecular weight is 449 g/mol. The summed E-state index contributed by atoms with van der Waals surface area (Å²) >= 11 is 1.16. The number of benzene rings is 1. The van der Waals surface area contributed by atoms with Gasteiger partial charge in [-0.05, 0) is 50.2 Å². The van der Waals surface area contributed by atoms with Gasteiger partial charge in [0, 0.05) is 29.6 Å². The van der Waals surface area contributed by atoms with Gasteiger partial charge in [-0.2, -0.15) is 0 Å². The zero-order chi connectivity index (χ0) is 22.2. The lowest BCUT2D eigenvalue weighted by Crippen LogP contribution is -2.37. The van der Waals surface area contributed by atoms with E-state index in [-0.39, 0.29) is 17.9 Å². The molecule has 0 bridgehead atoms. The third-order valence-corrected chi connectivity index (χ3v) is 6.71. The van der Waals surface area contributed by atoms with Crippen LogP contribution in [0.25, 0.3) is 0 Å². The van der Waals surface area contributed by atoms with Crippen molar-refractivity contribution < 1.29 is 9.59 Å². The summed E-state index contributed by atoms with van der Waals surface area (Å²) in [7, 11) is 0. The zero-order valence-corrected chi connectivity index (χ0v) is 18.9. The highest BCUT2D eigenvalue weighted by molar-refractivity contribution is 7.03. The van der Waals surface area contributed by atoms with Crippen molar-refractivity contribution in [1.82, 2.24) is 24.5 Å². The molecule has 0 unspecified atom stereocenters. The normalized spacial score (nSPS) is 18.2. The van der Waals surface area contributed by atoms with Crippen LogP contribution in [0.5, 0.6) is 0 Å². The first-order valence-corrected chi connectivity index (χ1v) is 11.7. The van der Waals surface area contributed by atoms with Crippen LogP contribution in [-0.4, -0.2) is 42.8 Å². The van der Waals surface area contributed by atoms with Crippen LogP contribution in [0.4, 0.5) is 5.82 Å². The van der Waals surface area contributed by atoms with Crippen molar-refractivity contribution in [3.63, 3.8) is 0 Å². The van der Waals surface area contributed by atoms with Crippen molar-refractivity contribution in [2.45, 2.75) is 52.1 Å². The monoisotopic (exact) mass is 448 g/mol. The van der Waals surface area contributed by atoms with Gasteiger partial charge in [-0.25, -0.2) is 9.97 Å². The van der Waals surface area contributed by atoms with Gasteiger partial charge < -0.3 is 4.90 Å². The smallest absolute Gasteiger partial charge is 0.275 e. The van der Waals surface area contributed by atoms with Crippen molar-refractivity contribution >= 4 is 29.2 Å². The van der Waals surface area contributed by atoms with Crippen LogP contribution in [0.1, 0.15) is 64.0 Å². The van der Waals surface area contributed by atoms with Gasteiger partial charge in [0.05, 0.1) is 12.6 Å². The number of amides is 2. The van der Waals surface area contributed by atoms with Gasteiger partial charge in [-0.1, -0.05) is 34.3 Å². The molecular formula is C23H24N6O2S. The summed E-state index contributed by atoms with van der Waals surface area (Å²) in [6.07, 6.45) is 2.75. The first kappa shape index (κ1) is 20.7. The highest BCUT2D eigenvalue weighted by atomic mass is 32.1. The van der Waals surface area contributed by atoms with E-state index in [2.05, 4.69) is 21.7 Å². The van der Waals surface area contributed by atoms with Crippen molar-refractivity contribution in [3.8, 4) is 0 Å². The molecule has 2 aromatic heterocycles. The fourth-order valence-electron chi connectivity index (χ4n) is 4.47. The van der Waals surface area contributed by atoms with Crippen LogP contribution >= 0.6 is 11.5 Å². The standard InChI is InChI=1S/C23H24N6O2S/c1-14-5-7-16(8-6-14)12-29-20(30)10-9-17-15(2)24-21(25-22(17)29)19-4-3-11-28(19)23(31)18-13-32-27-26-18/h5-8,13,19H,3-4,9-12H2,1-2H3/t19-/m1/s1. The van der Waals surface area contributed by atoms with Crippen molar-refractivity contribution in [2.24, 2.45) is 0 Å². The number of rotatable bonds is 4. The van der Waals surface area contributed by atoms with E-state index in [0.717, 1.165) is 41.2 Å². The predicted molar refractivity (Wildman–Crippen MR) is 120 cm³/mol. The lowest BCUT2D eigenvalue weighted by molar-refractivity contribution is -0.119. The highest BCUT2D eigenvalue weighted by Crippen LogP contribution is 2.35. The molecule has 4 heterocycles. The van der Waals surface area contributed by atoms with Crippen molar-refractivity contribution in [3.05, 3.63) is 63.5 Å². The van der Waals surface area contributed by atoms with E-state index in [1.54, 1.807) is 15.2 Å². The molecule has 1 atom stereocenters. The number of likely N-dealkylation sites (tertiary alicyclic amines) is 1. The summed E-state index contributed by atoms with van der Waals surface area (Å²) in [4.78, 5) is 39.1. The molecule has 0 saturated carbocycles. The van der Waals surface area contributed by atoms with Gasteiger partial charge in [0.15, 0.2) is 11.5 Å². The van der Waals surface area contributed by atoms with E-state index in [4.69, 9.17) is 9.97 Å². The summed E-state index contributed by atoms with van der Waals surface area (Å²) in [6.45, 7) is 5.12. The van der Waals surface area contributed by atoms with Crippen molar-refractivity contribution in [1.29, 1.82) is 0 Å². The van der Waals surface area contributed by atoms with Crippen LogP contribution in [-0.2, 0) is 17.8 Å². The number of carbonyl (C=O) groups excluding carboxylic acids is 2. The van der Waals surface area contributed by atoms with E-state index in [0.29, 0.717) is 43.3 Å². The minimum atomic E-state index is -0.230. The van der Waals surface area contributed by atoms with Crippen LogP contribution in [0.2, 0.25) is 0 Å². The molecule has 2 aliphatic heterocycles. The predicted octanol–water partition coefficient (Wildman–Crippen LogP) is 3.40. The molecule has 0 aliphatic carbocycles. The molecular weight excluding hydrogens is 424 g/mol. The Bertz CT molecular complexity index is 1160. The minimum Gasteiger partial charge on any atom is -0.327 e. The van der Waals surface area contributed by atoms with Gasteiger partial charge >= 0.3 is 0 Å². The molecule has 9 heteroatoms. The first-order chi connectivity index (χ1) is 15.5. The molecule has 3 aromatic rings. The van der Waals surface area contributed by atoms with Crippen LogP contribution in [0, 0.1) is 13.8 Å². The van der Waals surface area contributed by atoms with Crippen LogP contribution in [0.15, 0.2) is 29.6 Å². The lowest BCUT2D eigenvalue weighted by atomic mass is 10.0. The Morgan fingerprint density at radius 3 is 2.72 bits per heavy atom. The molecule has 0 spiro atoms. The Morgan fingerprint density at radius 2 is 1.97 bits per heavy atom. The number of hydrogen-bond donors (Lipinski definition) is 0. The Balaban J connectivity index is 1.50. The van der Waals surface area contributed by atoms with E-state index in [9.17, 15) is 9.59 Å². The topological polar surface area (TPSA) is 92.2 Å². The number of fused-ring (bicyclic) bond motifs is 1. The largest absolute Gasteiger partial charge is 0.327 e. The number of anilines is 1. The molecule has 32 heavy (non-hydrogen) atoms. The molecule has 0 N–H and O–H groups in total. The van der Waals surface area contributed by atoms with E-state index >= 15 is 0 Å². The van der Waals surface area contributed by atoms with E-state index < -0.39 is 0 Å². The second kappa shape index (κ2) is 8.38. The molecule has 164 valence electrons. The molecule has 1 aromatic carbocycles. The SMILES string of the molecule is Cc1ccc(CN2C(=O)CCc3c(C)nc([C@H]4CCCN4C(=O)c4csnn4)nc32)cc1. The summed E-state index contributed by atoms with van der Waals surface area (Å²) in [5, 5.41) is 5.60. The Labute approximate surface area is 190 Å². The molecule has 5 rings (SSSR count). The summed E-state index contributed by atoms with van der Waals surface area (Å²) in [5.74, 6) is 1.20. The summed E-state index contributed by atoms with van der Waals surface area (Å²) < 4.78 is 3.82. The number of hydrogen-bond acceptors (Lipinski definition) is 7. The third kappa shape index (κ3) is 3.77. The van der Waals surface area contributed by atoms with Crippen LogP contribution in [0.3, 0.4) is 0 Å². The van der Waals surface area contributed by atoms with Gasteiger partial charge in [-0.3, -0.25) is 14.5 Å². The maximum absolute atomic E-state index is 13.0. The fraction of sp³-hybridized carbons (Fsp3) is 0.391. The number of nitrogens with zero attached hydrogens (tertiary/aromatic N) is 6. The third-order valence-electron chi connectivity index (χ3n) is 6.21. The van der Waals surface area contributed by atoms with Gasteiger partial charge in [0.25, 0.3) is 5.91 Å². The summed E-state index contributed by atoms with van der Waals surface area (Å²) in [5.41, 5.74) is 4.48. The number of carbonyl (C=O) groups is 2. The Morgan fingerprint density at radius 1 is 1.16 bits per heavy atom. The molecule has 1 saturated heterocycles. The maximum atomic E-state index is 13.0. The minimum absolute atomic E-state index is 0.0648. The van der Waals surface area contributed by atoms with Gasteiger partial charge in [0.1, 0.15) is 5.82 Å². The Kier molecular flexibility index (Phi) is 5.42. The zero-order valence-electron chi connectivity index (χ0n) is 18.1. The molecule has 0 radical (unpaired) electrons. The van der Waals surface area contributed by atoms with E-state index in [1.165, 1.54) is 5.56 Å². The second-order valence-electron chi connectivity index (χ2n) is 8.38. The second-order valence-corrected chi connectivity index (χ2v) is 8.99. The lowest BCUT2D eigenvalue weighted by Gasteiger charge is -2.31. The number of aromatic nitrogens is 4. The van der Waals surface area contributed by atoms with Gasteiger partial charge in [-0.15, -0.1) is 5.10 Å². The Hall–Kier alpha value is -3.20. The van der Waals surface area contributed by atoms with Crippen LogP contribution < -0.4 is 4.90 Å². The molecule has 1 fully saturated rings. The van der Waals surface area contributed by atoms with E-state index in [1.807, 2.05) is 26.0 Å². The fourth-order valence-corrected chi connectivity index (χ4v) is 4.90. The highest BCUT2D eigenvalue weighted by Gasteiger charge is 2.36. The number of aryl methyl sites for hydroxylation is 2. The molecule has 8 nitrogen and oxygen atoms in total. The van der Waals surface area contributed by atoms with Crippen molar-refractivity contribution in [2.75, 3.05) is 11.4 Å². The quantitative estimate of drug-likeness (QED) is 0.607. The molecule has 2 amide bonds. The summed E-state index contributed by atoms with van der Waals surface area (Å²) in [6, 6.07) is 7.97. The first-order valence-electron chi connectivity index (χ1n) is 10.8. The van der Waals surface area contributed by atoms with Gasteiger partial charge in [0.2, 0.25) is 5.91 Å². The molecule has 2 aliphatic rings.